The number of H-pyrrole nitrogens is 1. The Bertz CT molecular complexity index is 1210. The third kappa shape index (κ3) is 6.35. The van der Waals surface area contributed by atoms with Crippen molar-refractivity contribution in [2.75, 3.05) is 0 Å². The fourth-order valence-corrected chi connectivity index (χ4v) is 4.04. The van der Waals surface area contributed by atoms with Crippen molar-refractivity contribution in [2.24, 2.45) is 0 Å². The number of carbonyl (C=O) groups is 1. The molecule has 0 radical (unpaired) electrons. The molecule has 8 nitrogen and oxygen atoms in total. The van der Waals surface area contributed by atoms with Gasteiger partial charge in [0.1, 0.15) is 0 Å². The van der Waals surface area contributed by atoms with E-state index in [4.69, 9.17) is 11.6 Å². The molecule has 0 saturated carbocycles. The van der Waals surface area contributed by atoms with E-state index in [2.05, 4.69) is 41.3 Å². The van der Waals surface area contributed by atoms with Crippen molar-refractivity contribution in [3.8, 4) is 0 Å². The molecule has 0 bridgehead atoms. The van der Waals surface area contributed by atoms with E-state index in [0.717, 1.165) is 31.2 Å². The fraction of sp³-hybridized carbons (Fsp3) is 0.500. The van der Waals surface area contributed by atoms with E-state index >= 15 is 0 Å². The quantitative estimate of drug-likeness (QED) is 0.308. The second-order valence-electron chi connectivity index (χ2n) is 8.23. The zero-order valence-corrected chi connectivity index (χ0v) is 20.1. The predicted molar refractivity (Wildman–Crippen MR) is 131 cm³/mol. The van der Waals surface area contributed by atoms with Crippen LogP contribution >= 0.6 is 11.6 Å². The lowest BCUT2D eigenvalue weighted by Gasteiger charge is -2.11. The van der Waals surface area contributed by atoms with Crippen molar-refractivity contribution in [1.29, 1.82) is 0 Å². The van der Waals surface area contributed by atoms with E-state index < -0.39 is 5.56 Å². The Morgan fingerprint density at radius 3 is 2.55 bits per heavy atom. The van der Waals surface area contributed by atoms with Crippen LogP contribution in [0, 0.1) is 0 Å². The van der Waals surface area contributed by atoms with Gasteiger partial charge >= 0.3 is 5.69 Å². The van der Waals surface area contributed by atoms with Crippen LogP contribution in [0.15, 0.2) is 33.9 Å². The molecular weight excluding hydrogens is 442 g/mol. The minimum absolute atomic E-state index is 0.0444. The second-order valence-corrected chi connectivity index (χ2v) is 8.59. The molecule has 0 atom stereocenters. The van der Waals surface area contributed by atoms with E-state index in [0.29, 0.717) is 38.0 Å². The summed E-state index contributed by atoms with van der Waals surface area (Å²) in [7, 11) is 0. The minimum Gasteiger partial charge on any atom is -0.352 e. The number of fused-ring (bicyclic) bond motifs is 1. The molecule has 3 aromatic rings. The summed E-state index contributed by atoms with van der Waals surface area (Å²) in [6.07, 6.45) is 5.22. The van der Waals surface area contributed by atoms with E-state index in [1.54, 1.807) is 0 Å². The summed E-state index contributed by atoms with van der Waals surface area (Å²) in [5.74, 6) is -0.0444. The highest BCUT2D eigenvalue weighted by molar-refractivity contribution is 6.28. The van der Waals surface area contributed by atoms with Crippen LogP contribution in [0.2, 0.25) is 5.28 Å². The van der Waals surface area contributed by atoms with Gasteiger partial charge in [-0.2, -0.15) is 4.98 Å². The third-order valence-electron chi connectivity index (χ3n) is 5.74. The maximum absolute atomic E-state index is 13.0. The lowest BCUT2D eigenvalue weighted by atomic mass is 10.1. The van der Waals surface area contributed by atoms with E-state index in [9.17, 15) is 14.4 Å². The van der Waals surface area contributed by atoms with Gasteiger partial charge in [0.25, 0.3) is 5.56 Å². The number of amides is 1. The van der Waals surface area contributed by atoms with E-state index in [1.807, 2.05) is 12.1 Å². The first-order valence-corrected chi connectivity index (χ1v) is 12.1. The molecule has 0 spiro atoms. The van der Waals surface area contributed by atoms with Gasteiger partial charge in [0, 0.05) is 26.1 Å². The molecule has 3 rings (SSSR count). The average molecular weight is 474 g/mol. The standard InChI is InChI=1S/C24H32ClN5O3/c1-3-5-7-13-29-21-20(27-23(25)28-21)22(32)30(24(29)33)14-8-6-12-19(31)26-16-18-11-9-10-17(4-2)15-18/h9-11,15H,3-8,12-14,16H2,1-2H3,(H,26,31)(H,27,28). The number of aromatic nitrogens is 4. The molecule has 1 aromatic carbocycles. The number of hydrogen-bond donors (Lipinski definition) is 2. The molecule has 0 aliphatic heterocycles. The maximum atomic E-state index is 13.0. The topological polar surface area (TPSA) is 102 Å². The van der Waals surface area contributed by atoms with Crippen molar-refractivity contribution >= 4 is 28.7 Å². The Kier molecular flexibility index (Phi) is 8.88. The van der Waals surface area contributed by atoms with Crippen molar-refractivity contribution in [1.82, 2.24) is 24.4 Å². The lowest BCUT2D eigenvalue weighted by Crippen LogP contribution is -2.40. The van der Waals surface area contributed by atoms with Gasteiger partial charge in [-0.1, -0.05) is 51.0 Å². The molecule has 33 heavy (non-hydrogen) atoms. The molecule has 178 valence electrons. The van der Waals surface area contributed by atoms with Crippen molar-refractivity contribution in [3.05, 3.63) is 61.5 Å². The van der Waals surface area contributed by atoms with Gasteiger partial charge in [-0.15, -0.1) is 0 Å². The SMILES string of the molecule is CCCCCn1c(=O)n(CCCCC(=O)NCc2cccc(CC)c2)c(=O)c2[nH]c(Cl)nc21. The van der Waals surface area contributed by atoms with Gasteiger partial charge < -0.3 is 10.3 Å². The Hall–Kier alpha value is -2.87. The average Bonchev–Trinajstić information content (AvgIpc) is 3.21. The van der Waals surface area contributed by atoms with Crippen LogP contribution in [0.3, 0.4) is 0 Å². The molecule has 2 N–H and O–H groups in total. The molecule has 2 aromatic heterocycles. The summed E-state index contributed by atoms with van der Waals surface area (Å²) in [6, 6.07) is 8.15. The van der Waals surface area contributed by atoms with Crippen LogP contribution in [-0.4, -0.2) is 25.0 Å². The summed E-state index contributed by atoms with van der Waals surface area (Å²) in [4.78, 5) is 45.0. The number of nitrogens with one attached hydrogen (secondary N) is 2. The van der Waals surface area contributed by atoms with Gasteiger partial charge in [-0.05, 0) is 48.4 Å². The number of carbonyl (C=O) groups excluding carboxylic acids is 1. The number of rotatable bonds is 12. The van der Waals surface area contributed by atoms with Crippen molar-refractivity contribution in [3.63, 3.8) is 0 Å². The Balaban J connectivity index is 1.59. The molecule has 0 saturated heterocycles. The smallest absolute Gasteiger partial charge is 0.332 e. The molecule has 1 amide bonds. The van der Waals surface area contributed by atoms with Gasteiger partial charge in [0.15, 0.2) is 11.2 Å². The van der Waals surface area contributed by atoms with Crippen molar-refractivity contribution in [2.45, 2.75) is 78.4 Å². The third-order valence-corrected chi connectivity index (χ3v) is 5.92. The highest BCUT2D eigenvalue weighted by Gasteiger charge is 2.16. The summed E-state index contributed by atoms with van der Waals surface area (Å²) in [5, 5.41) is 3.02. The molecule has 2 heterocycles. The first-order valence-electron chi connectivity index (χ1n) is 11.7. The van der Waals surface area contributed by atoms with Gasteiger partial charge in [0.05, 0.1) is 0 Å². The second kappa shape index (κ2) is 11.8. The van der Waals surface area contributed by atoms with Crippen LogP contribution in [0.5, 0.6) is 0 Å². The Morgan fingerprint density at radius 2 is 1.79 bits per heavy atom. The van der Waals surface area contributed by atoms with Gasteiger partial charge in [0.2, 0.25) is 11.2 Å². The molecule has 9 heteroatoms. The first-order chi connectivity index (χ1) is 15.9. The van der Waals surface area contributed by atoms with E-state index in [1.165, 1.54) is 14.7 Å². The molecule has 0 unspecified atom stereocenters. The molecular formula is C24H32ClN5O3. The fourth-order valence-electron chi connectivity index (χ4n) is 3.86. The lowest BCUT2D eigenvalue weighted by molar-refractivity contribution is -0.121. The van der Waals surface area contributed by atoms with Gasteiger partial charge in [-0.3, -0.25) is 18.7 Å². The summed E-state index contributed by atoms with van der Waals surface area (Å²) in [6.45, 7) is 5.40. The highest BCUT2D eigenvalue weighted by Crippen LogP contribution is 2.11. The van der Waals surface area contributed by atoms with Crippen LogP contribution in [0.4, 0.5) is 0 Å². The number of unbranched alkanes of at least 4 members (excludes halogenated alkanes) is 3. The molecule has 0 fully saturated rings. The summed E-state index contributed by atoms with van der Waals surface area (Å²) < 4.78 is 2.74. The number of hydrogen-bond acceptors (Lipinski definition) is 4. The van der Waals surface area contributed by atoms with Crippen LogP contribution in [0.1, 0.15) is 63.5 Å². The predicted octanol–water partition coefficient (Wildman–Crippen LogP) is 3.78. The number of aryl methyl sites for hydroxylation is 2. The Morgan fingerprint density at radius 1 is 1.06 bits per heavy atom. The molecule has 0 aliphatic carbocycles. The zero-order valence-electron chi connectivity index (χ0n) is 19.3. The highest BCUT2D eigenvalue weighted by atomic mass is 35.5. The summed E-state index contributed by atoms with van der Waals surface area (Å²) >= 11 is 5.97. The van der Waals surface area contributed by atoms with E-state index in [-0.39, 0.29) is 28.9 Å². The number of benzene rings is 1. The number of nitrogens with zero attached hydrogens (tertiary/aromatic N) is 3. The number of halogens is 1. The molecule has 0 aliphatic rings. The summed E-state index contributed by atoms with van der Waals surface area (Å²) in [5.41, 5.74) is 2.04. The van der Waals surface area contributed by atoms with Crippen LogP contribution in [-0.2, 0) is 30.8 Å². The minimum atomic E-state index is -0.429. The maximum Gasteiger partial charge on any atom is 0.332 e. The number of imidazole rings is 1. The van der Waals surface area contributed by atoms with Crippen molar-refractivity contribution < 1.29 is 4.79 Å². The van der Waals surface area contributed by atoms with Crippen LogP contribution < -0.4 is 16.6 Å². The normalized spacial score (nSPS) is 11.2. The first kappa shape index (κ1) is 24.8. The number of aromatic amines is 1. The Labute approximate surface area is 198 Å². The monoisotopic (exact) mass is 473 g/mol. The largest absolute Gasteiger partial charge is 0.352 e. The van der Waals surface area contributed by atoms with Crippen LogP contribution in [0.25, 0.3) is 11.2 Å². The zero-order chi connectivity index (χ0) is 23.8. The van der Waals surface area contributed by atoms with Gasteiger partial charge in [-0.25, -0.2) is 4.79 Å².